The van der Waals surface area contributed by atoms with E-state index in [2.05, 4.69) is 5.32 Å². The van der Waals surface area contributed by atoms with Crippen molar-refractivity contribution in [1.82, 2.24) is 0 Å². The molecule has 22 heavy (non-hydrogen) atoms. The first-order valence-corrected chi connectivity index (χ1v) is 7.20. The fourth-order valence-electron chi connectivity index (χ4n) is 2.36. The second-order valence-corrected chi connectivity index (χ2v) is 4.90. The van der Waals surface area contributed by atoms with E-state index in [4.69, 9.17) is 4.74 Å². The minimum absolute atomic E-state index is 0.134. The topological polar surface area (TPSA) is 55.4 Å². The number of methoxy groups -OCH3 is 1. The van der Waals surface area contributed by atoms with Crippen LogP contribution in [0.15, 0.2) is 54.6 Å². The largest absolute Gasteiger partial charge is 0.465 e. The lowest BCUT2D eigenvalue weighted by Crippen LogP contribution is -2.22. The third-order valence-corrected chi connectivity index (χ3v) is 3.52. The Morgan fingerprint density at radius 1 is 1.05 bits per heavy atom. The van der Waals surface area contributed by atoms with Crippen LogP contribution in [-0.2, 0) is 9.53 Å². The van der Waals surface area contributed by atoms with Gasteiger partial charge in [0.25, 0.3) is 0 Å². The van der Waals surface area contributed by atoms with Crippen LogP contribution in [0.3, 0.4) is 0 Å². The number of nitrogens with one attached hydrogen (secondary N) is 1. The van der Waals surface area contributed by atoms with Gasteiger partial charge in [-0.2, -0.15) is 0 Å². The zero-order valence-electron chi connectivity index (χ0n) is 12.7. The molecular weight excluding hydrogens is 278 g/mol. The number of ether oxygens (including phenoxy) is 1. The van der Waals surface area contributed by atoms with E-state index in [0.717, 1.165) is 5.56 Å². The van der Waals surface area contributed by atoms with Crippen LogP contribution in [0, 0.1) is 0 Å². The average molecular weight is 297 g/mol. The van der Waals surface area contributed by atoms with Crippen LogP contribution in [0.25, 0.3) is 0 Å². The van der Waals surface area contributed by atoms with Gasteiger partial charge in [0, 0.05) is 0 Å². The molecule has 0 unspecified atom stereocenters. The third-order valence-electron chi connectivity index (χ3n) is 3.52. The van der Waals surface area contributed by atoms with Crippen LogP contribution in [0.5, 0.6) is 0 Å². The highest BCUT2D eigenvalue weighted by Gasteiger charge is 2.20. The standard InChI is InChI=1S/C18H19NO3/c1-3-14(13-9-5-4-6-10-13)17(20)19-16-12-8-7-11-15(16)18(21)22-2/h4-12,14H,3H2,1-2H3,(H,19,20)/t14-/m0/s1. The maximum atomic E-state index is 12.5. The molecule has 2 rings (SSSR count). The van der Waals surface area contributed by atoms with Gasteiger partial charge >= 0.3 is 5.97 Å². The molecular formula is C18H19NO3. The first-order chi connectivity index (χ1) is 10.7. The van der Waals surface area contributed by atoms with E-state index in [9.17, 15) is 9.59 Å². The van der Waals surface area contributed by atoms with E-state index < -0.39 is 5.97 Å². The fraction of sp³-hybridized carbons (Fsp3) is 0.222. The molecule has 0 aliphatic rings. The number of anilines is 1. The zero-order chi connectivity index (χ0) is 15.9. The molecule has 0 fully saturated rings. The lowest BCUT2D eigenvalue weighted by Gasteiger charge is -2.16. The lowest BCUT2D eigenvalue weighted by atomic mass is 9.95. The van der Waals surface area contributed by atoms with E-state index in [1.807, 2.05) is 37.3 Å². The molecule has 1 N–H and O–H groups in total. The molecule has 0 spiro atoms. The Balaban J connectivity index is 2.23. The van der Waals surface area contributed by atoms with Crippen molar-refractivity contribution in [2.24, 2.45) is 0 Å². The second-order valence-electron chi connectivity index (χ2n) is 4.90. The number of carbonyl (C=O) groups is 2. The van der Waals surface area contributed by atoms with Crippen molar-refractivity contribution in [1.29, 1.82) is 0 Å². The van der Waals surface area contributed by atoms with Crippen molar-refractivity contribution in [3.63, 3.8) is 0 Å². The summed E-state index contributed by atoms with van der Waals surface area (Å²) in [6, 6.07) is 16.4. The highest BCUT2D eigenvalue weighted by molar-refractivity contribution is 6.03. The fourth-order valence-corrected chi connectivity index (χ4v) is 2.36. The highest BCUT2D eigenvalue weighted by atomic mass is 16.5. The maximum absolute atomic E-state index is 12.5. The van der Waals surface area contributed by atoms with Gasteiger partial charge in [0.15, 0.2) is 0 Å². The summed E-state index contributed by atoms with van der Waals surface area (Å²) in [5, 5.41) is 2.84. The van der Waals surface area contributed by atoms with Gasteiger partial charge in [-0.3, -0.25) is 4.79 Å². The maximum Gasteiger partial charge on any atom is 0.339 e. The predicted molar refractivity (Wildman–Crippen MR) is 85.9 cm³/mol. The average Bonchev–Trinajstić information content (AvgIpc) is 2.56. The second kappa shape index (κ2) is 7.41. The molecule has 0 saturated heterocycles. The van der Waals surface area contributed by atoms with Gasteiger partial charge in [-0.05, 0) is 24.1 Å². The molecule has 1 atom stereocenters. The lowest BCUT2D eigenvalue weighted by molar-refractivity contribution is -0.117. The van der Waals surface area contributed by atoms with Crippen LogP contribution >= 0.6 is 0 Å². The Bertz CT molecular complexity index is 652. The summed E-state index contributed by atoms with van der Waals surface area (Å²) in [6.07, 6.45) is 0.677. The summed E-state index contributed by atoms with van der Waals surface area (Å²) < 4.78 is 4.74. The summed E-state index contributed by atoms with van der Waals surface area (Å²) in [7, 11) is 1.32. The molecule has 0 aliphatic carbocycles. The monoisotopic (exact) mass is 297 g/mol. The first-order valence-electron chi connectivity index (χ1n) is 7.20. The van der Waals surface area contributed by atoms with Gasteiger partial charge in [-0.1, -0.05) is 49.4 Å². The Morgan fingerprint density at radius 3 is 2.32 bits per heavy atom. The summed E-state index contributed by atoms with van der Waals surface area (Å²) in [5.41, 5.74) is 1.77. The minimum atomic E-state index is -0.469. The predicted octanol–water partition coefficient (Wildman–Crippen LogP) is 3.61. The number of amides is 1. The van der Waals surface area contributed by atoms with E-state index in [0.29, 0.717) is 17.7 Å². The van der Waals surface area contributed by atoms with E-state index >= 15 is 0 Å². The van der Waals surface area contributed by atoms with Crippen LogP contribution in [-0.4, -0.2) is 19.0 Å². The normalized spacial score (nSPS) is 11.5. The molecule has 2 aromatic rings. The Hall–Kier alpha value is -2.62. The molecule has 0 heterocycles. The van der Waals surface area contributed by atoms with E-state index in [1.165, 1.54) is 7.11 Å². The van der Waals surface area contributed by atoms with Crippen molar-refractivity contribution in [2.45, 2.75) is 19.3 Å². The van der Waals surface area contributed by atoms with Crippen molar-refractivity contribution in [2.75, 3.05) is 12.4 Å². The Labute approximate surface area is 130 Å². The van der Waals surface area contributed by atoms with Crippen LogP contribution < -0.4 is 5.32 Å². The van der Waals surface area contributed by atoms with Crippen LogP contribution in [0.2, 0.25) is 0 Å². The van der Waals surface area contributed by atoms with Gasteiger partial charge in [0.1, 0.15) is 0 Å². The van der Waals surface area contributed by atoms with Crippen LogP contribution in [0.1, 0.15) is 35.2 Å². The van der Waals surface area contributed by atoms with Crippen LogP contribution in [0.4, 0.5) is 5.69 Å². The third kappa shape index (κ3) is 3.52. The number of hydrogen-bond donors (Lipinski definition) is 1. The number of rotatable bonds is 5. The van der Waals surface area contributed by atoms with Gasteiger partial charge < -0.3 is 10.1 Å². The quantitative estimate of drug-likeness (QED) is 0.858. The van der Waals surface area contributed by atoms with Gasteiger partial charge in [-0.25, -0.2) is 4.79 Å². The van der Waals surface area contributed by atoms with Crippen molar-refractivity contribution in [3.8, 4) is 0 Å². The van der Waals surface area contributed by atoms with Gasteiger partial charge in [0.2, 0.25) is 5.91 Å². The summed E-state index contributed by atoms with van der Waals surface area (Å²) >= 11 is 0. The number of benzene rings is 2. The molecule has 4 heteroatoms. The number of carbonyl (C=O) groups excluding carboxylic acids is 2. The molecule has 0 aromatic heterocycles. The number of esters is 1. The molecule has 4 nitrogen and oxygen atoms in total. The van der Waals surface area contributed by atoms with Gasteiger partial charge in [0.05, 0.1) is 24.3 Å². The summed E-state index contributed by atoms with van der Waals surface area (Å²) in [4.78, 5) is 24.3. The smallest absolute Gasteiger partial charge is 0.339 e. The molecule has 0 radical (unpaired) electrons. The first kappa shape index (κ1) is 15.8. The summed E-state index contributed by atoms with van der Waals surface area (Å²) in [6.45, 7) is 1.96. The molecule has 2 aromatic carbocycles. The summed E-state index contributed by atoms with van der Waals surface area (Å²) in [5.74, 6) is -0.861. The van der Waals surface area contributed by atoms with E-state index in [1.54, 1.807) is 24.3 Å². The Kier molecular flexibility index (Phi) is 5.31. The molecule has 0 bridgehead atoms. The number of para-hydroxylation sites is 1. The SMILES string of the molecule is CC[C@H](C(=O)Nc1ccccc1C(=O)OC)c1ccccc1. The van der Waals surface area contributed by atoms with Gasteiger partial charge in [-0.15, -0.1) is 0 Å². The highest BCUT2D eigenvalue weighted by Crippen LogP contribution is 2.23. The van der Waals surface area contributed by atoms with Crippen molar-refractivity contribution >= 4 is 17.6 Å². The molecule has 114 valence electrons. The van der Waals surface area contributed by atoms with E-state index in [-0.39, 0.29) is 11.8 Å². The Morgan fingerprint density at radius 2 is 1.68 bits per heavy atom. The zero-order valence-corrected chi connectivity index (χ0v) is 12.7. The molecule has 0 saturated carbocycles. The number of hydrogen-bond acceptors (Lipinski definition) is 3. The van der Waals surface area contributed by atoms with Crippen molar-refractivity contribution in [3.05, 3.63) is 65.7 Å². The molecule has 1 amide bonds. The van der Waals surface area contributed by atoms with Crippen molar-refractivity contribution < 1.29 is 14.3 Å². The molecule has 0 aliphatic heterocycles. The minimum Gasteiger partial charge on any atom is -0.465 e.